The highest BCUT2D eigenvalue weighted by Crippen LogP contribution is 2.31. The Labute approximate surface area is 283 Å². The summed E-state index contributed by atoms with van der Waals surface area (Å²) in [7, 11) is -2.68. The number of halogens is 1. The van der Waals surface area contributed by atoms with Crippen molar-refractivity contribution in [3.8, 4) is 5.75 Å². The summed E-state index contributed by atoms with van der Waals surface area (Å²) in [6, 6.07) is 27.2. The molecule has 0 aliphatic rings. The molecule has 10 heteroatoms. The van der Waals surface area contributed by atoms with Crippen LogP contribution < -0.4 is 14.4 Å². The molecule has 0 spiro atoms. The molecule has 4 aromatic rings. The summed E-state index contributed by atoms with van der Waals surface area (Å²) in [5.41, 5.74) is 3.27. The van der Waals surface area contributed by atoms with Gasteiger partial charge in [0.2, 0.25) is 11.8 Å². The van der Waals surface area contributed by atoms with Gasteiger partial charge in [-0.05, 0) is 73.4 Å². The number of anilines is 1. The number of nitrogens with zero attached hydrogens (tertiary/aromatic N) is 2. The van der Waals surface area contributed by atoms with E-state index < -0.39 is 28.5 Å². The van der Waals surface area contributed by atoms with Crippen LogP contribution in [0.4, 0.5) is 5.69 Å². The Bertz CT molecular complexity index is 1760. The van der Waals surface area contributed by atoms with Crippen LogP contribution in [0.25, 0.3) is 0 Å². The highest BCUT2D eigenvalue weighted by Gasteiger charge is 2.35. The Hall–Kier alpha value is -4.34. The first-order valence-electron chi connectivity index (χ1n) is 15.6. The summed E-state index contributed by atoms with van der Waals surface area (Å²) >= 11 is 6.47. The molecule has 0 unspecified atom stereocenters. The number of benzene rings is 4. The van der Waals surface area contributed by atoms with Crippen LogP contribution in [0.5, 0.6) is 5.75 Å². The Balaban J connectivity index is 1.83. The molecule has 0 aromatic heterocycles. The molecule has 0 bridgehead atoms. The van der Waals surface area contributed by atoms with Gasteiger partial charge in [-0.25, -0.2) is 8.42 Å². The van der Waals surface area contributed by atoms with Crippen LogP contribution in [-0.2, 0) is 32.6 Å². The normalized spacial score (nSPS) is 11.9. The smallest absolute Gasteiger partial charge is 0.264 e. The molecule has 4 aromatic carbocycles. The number of sulfonamides is 1. The number of methoxy groups -OCH3 is 1. The number of carbonyl (C=O) groups is 2. The lowest BCUT2D eigenvalue weighted by Gasteiger charge is -2.34. The molecule has 0 aliphatic heterocycles. The maximum Gasteiger partial charge on any atom is 0.264 e. The van der Waals surface area contributed by atoms with Gasteiger partial charge in [0, 0.05) is 24.5 Å². The van der Waals surface area contributed by atoms with Crippen LogP contribution >= 0.6 is 11.6 Å². The van der Waals surface area contributed by atoms with Crippen LogP contribution in [0, 0.1) is 13.8 Å². The van der Waals surface area contributed by atoms with E-state index in [1.807, 2.05) is 56.3 Å². The number of aryl methyl sites for hydroxylation is 1. The van der Waals surface area contributed by atoms with Gasteiger partial charge in [-0.1, -0.05) is 91.2 Å². The second-order valence-corrected chi connectivity index (χ2v) is 13.7. The van der Waals surface area contributed by atoms with Crippen molar-refractivity contribution in [2.75, 3.05) is 24.5 Å². The number of carbonyl (C=O) groups excluding carboxylic acids is 2. The maximum atomic E-state index is 14.7. The standard InChI is InChI=1S/C37H42ClN3O5S/c1-5-6-22-39-37(43)35(24-29-12-8-7-9-13-29)40(25-30-14-10-15-31(23-30)46-4)36(42)26-41(34-17-11-16-33(38)28(34)3)47(44,45)32-20-18-27(2)19-21-32/h7-21,23,35H,5-6,22,24-26H2,1-4H3,(H,39,43)/t35-/m0/s1. The second-order valence-electron chi connectivity index (χ2n) is 11.4. The monoisotopic (exact) mass is 675 g/mol. The van der Waals surface area contributed by atoms with Crippen molar-refractivity contribution in [2.45, 2.75) is 57.5 Å². The average molecular weight is 676 g/mol. The lowest BCUT2D eigenvalue weighted by molar-refractivity contribution is -0.140. The third-order valence-electron chi connectivity index (χ3n) is 7.98. The number of hydrogen-bond donors (Lipinski definition) is 1. The van der Waals surface area contributed by atoms with Gasteiger partial charge in [0.15, 0.2) is 0 Å². The quantitative estimate of drug-likeness (QED) is 0.141. The minimum absolute atomic E-state index is 0.0350. The van der Waals surface area contributed by atoms with Gasteiger partial charge < -0.3 is 15.0 Å². The van der Waals surface area contributed by atoms with Gasteiger partial charge in [-0.15, -0.1) is 0 Å². The Morgan fingerprint density at radius 1 is 0.894 bits per heavy atom. The topological polar surface area (TPSA) is 96.0 Å². The molecule has 0 saturated heterocycles. The SMILES string of the molecule is CCCCNC(=O)[C@H](Cc1ccccc1)N(Cc1cccc(OC)c1)C(=O)CN(c1cccc(Cl)c1C)S(=O)(=O)c1ccc(C)cc1. The molecule has 2 amide bonds. The van der Waals surface area contributed by atoms with E-state index in [0.717, 1.165) is 33.8 Å². The predicted molar refractivity (Wildman–Crippen MR) is 187 cm³/mol. The number of unbranched alkanes of at least 4 members (excludes halogenated alkanes) is 1. The Morgan fingerprint density at radius 2 is 1.57 bits per heavy atom. The minimum atomic E-state index is -4.24. The van der Waals surface area contributed by atoms with Crippen LogP contribution in [0.1, 0.15) is 42.0 Å². The first-order valence-corrected chi connectivity index (χ1v) is 17.5. The van der Waals surface area contributed by atoms with E-state index in [-0.39, 0.29) is 29.5 Å². The molecule has 4 rings (SSSR count). The zero-order chi connectivity index (χ0) is 34.0. The molecular formula is C37H42ClN3O5S. The number of hydrogen-bond acceptors (Lipinski definition) is 5. The molecule has 248 valence electrons. The van der Waals surface area contributed by atoms with E-state index in [1.165, 1.54) is 17.0 Å². The second kappa shape index (κ2) is 16.5. The summed E-state index contributed by atoms with van der Waals surface area (Å²) in [6.07, 6.45) is 1.90. The van der Waals surface area contributed by atoms with Crippen LogP contribution in [0.2, 0.25) is 5.02 Å². The molecule has 1 N–H and O–H groups in total. The van der Waals surface area contributed by atoms with Gasteiger partial charge in [0.1, 0.15) is 18.3 Å². The van der Waals surface area contributed by atoms with Gasteiger partial charge in [0.25, 0.3) is 10.0 Å². The van der Waals surface area contributed by atoms with E-state index in [0.29, 0.717) is 22.9 Å². The molecule has 0 heterocycles. The van der Waals surface area contributed by atoms with Crippen molar-refractivity contribution in [2.24, 2.45) is 0 Å². The van der Waals surface area contributed by atoms with Crippen molar-refractivity contribution >= 4 is 39.1 Å². The van der Waals surface area contributed by atoms with Gasteiger partial charge >= 0.3 is 0 Å². The number of rotatable bonds is 15. The fraction of sp³-hybridized carbons (Fsp3) is 0.297. The number of ether oxygens (including phenoxy) is 1. The lowest BCUT2D eigenvalue weighted by Crippen LogP contribution is -2.53. The van der Waals surface area contributed by atoms with Crippen molar-refractivity contribution in [1.82, 2.24) is 10.2 Å². The van der Waals surface area contributed by atoms with Crippen molar-refractivity contribution < 1.29 is 22.7 Å². The van der Waals surface area contributed by atoms with Crippen LogP contribution in [0.3, 0.4) is 0 Å². The van der Waals surface area contributed by atoms with E-state index in [2.05, 4.69) is 5.32 Å². The minimum Gasteiger partial charge on any atom is -0.497 e. The first-order chi connectivity index (χ1) is 22.5. The zero-order valence-corrected chi connectivity index (χ0v) is 28.9. The molecular weight excluding hydrogens is 634 g/mol. The molecule has 47 heavy (non-hydrogen) atoms. The summed E-state index contributed by atoms with van der Waals surface area (Å²) in [4.78, 5) is 30.1. The van der Waals surface area contributed by atoms with E-state index in [1.54, 1.807) is 56.5 Å². The highest BCUT2D eigenvalue weighted by atomic mass is 35.5. The Kier molecular flexibility index (Phi) is 12.4. The van der Waals surface area contributed by atoms with Crippen molar-refractivity contribution in [1.29, 1.82) is 0 Å². The predicted octanol–water partition coefficient (Wildman–Crippen LogP) is 6.72. The van der Waals surface area contributed by atoms with Gasteiger partial charge in [0.05, 0.1) is 17.7 Å². The van der Waals surface area contributed by atoms with Crippen LogP contribution in [-0.4, -0.2) is 51.4 Å². The maximum absolute atomic E-state index is 14.7. The zero-order valence-electron chi connectivity index (χ0n) is 27.3. The number of amides is 2. The fourth-order valence-electron chi connectivity index (χ4n) is 5.24. The Morgan fingerprint density at radius 3 is 2.26 bits per heavy atom. The molecule has 1 atom stereocenters. The lowest BCUT2D eigenvalue weighted by atomic mass is 10.0. The molecule has 0 saturated carbocycles. The van der Waals surface area contributed by atoms with Crippen molar-refractivity contribution in [3.63, 3.8) is 0 Å². The van der Waals surface area contributed by atoms with E-state index >= 15 is 0 Å². The summed E-state index contributed by atoms with van der Waals surface area (Å²) < 4.78 is 35.1. The van der Waals surface area contributed by atoms with Crippen LogP contribution in [0.15, 0.2) is 102 Å². The summed E-state index contributed by atoms with van der Waals surface area (Å²) in [6.45, 7) is 5.56. The largest absolute Gasteiger partial charge is 0.497 e. The van der Waals surface area contributed by atoms with Gasteiger partial charge in [-0.3, -0.25) is 13.9 Å². The average Bonchev–Trinajstić information content (AvgIpc) is 3.07. The summed E-state index contributed by atoms with van der Waals surface area (Å²) in [5.74, 6) is -0.264. The number of nitrogens with one attached hydrogen (secondary N) is 1. The molecule has 0 radical (unpaired) electrons. The molecule has 8 nitrogen and oxygen atoms in total. The third kappa shape index (κ3) is 9.14. The van der Waals surface area contributed by atoms with E-state index in [9.17, 15) is 18.0 Å². The molecule has 0 aliphatic carbocycles. The summed E-state index contributed by atoms with van der Waals surface area (Å²) in [5, 5.41) is 3.37. The van der Waals surface area contributed by atoms with Gasteiger partial charge in [-0.2, -0.15) is 0 Å². The third-order valence-corrected chi connectivity index (χ3v) is 10.2. The fourth-order valence-corrected chi connectivity index (χ4v) is 6.89. The first kappa shape index (κ1) is 35.5. The van der Waals surface area contributed by atoms with E-state index in [4.69, 9.17) is 16.3 Å². The highest BCUT2D eigenvalue weighted by molar-refractivity contribution is 7.92. The van der Waals surface area contributed by atoms with Crippen molar-refractivity contribution in [3.05, 3.63) is 124 Å². The molecule has 0 fully saturated rings.